The normalized spacial score (nSPS) is 18.4. The number of amides is 1. The Kier molecular flexibility index (Phi) is 8.83. The van der Waals surface area contributed by atoms with Gasteiger partial charge < -0.3 is 30.5 Å². The molecule has 0 saturated carbocycles. The number of pyridine rings is 1. The number of methoxy groups -OCH3 is 1. The fourth-order valence-electron chi connectivity index (χ4n) is 4.99. The van der Waals surface area contributed by atoms with Crippen LogP contribution in [0.3, 0.4) is 0 Å². The Hall–Kier alpha value is -3.66. The molecule has 204 valence electrons. The zero-order valence-corrected chi connectivity index (χ0v) is 23.3. The van der Waals surface area contributed by atoms with Gasteiger partial charge in [0.15, 0.2) is 0 Å². The molecule has 10 nitrogen and oxygen atoms in total. The van der Waals surface area contributed by atoms with E-state index in [4.69, 9.17) is 9.72 Å². The van der Waals surface area contributed by atoms with Crippen molar-refractivity contribution in [1.29, 1.82) is 0 Å². The maximum Gasteiger partial charge on any atom is 0.233 e. The predicted octanol–water partition coefficient (Wildman–Crippen LogP) is 3.40. The number of fused-ring (bicyclic) bond motifs is 1. The van der Waals surface area contributed by atoms with E-state index in [-0.39, 0.29) is 11.8 Å². The van der Waals surface area contributed by atoms with Crippen LogP contribution in [0.15, 0.2) is 36.5 Å². The molecule has 2 aliphatic rings. The van der Waals surface area contributed by atoms with Crippen LogP contribution in [0.1, 0.15) is 55.5 Å². The molecular formula is C28H40N8O2. The summed E-state index contributed by atoms with van der Waals surface area (Å²) in [5, 5.41) is 9.63. The summed E-state index contributed by atoms with van der Waals surface area (Å²) in [5.74, 6) is 2.35. The molecule has 0 aromatic carbocycles. The highest BCUT2D eigenvalue weighted by Crippen LogP contribution is 2.39. The van der Waals surface area contributed by atoms with Crippen molar-refractivity contribution < 1.29 is 9.53 Å². The summed E-state index contributed by atoms with van der Waals surface area (Å²) in [6.07, 6.45) is 7.36. The van der Waals surface area contributed by atoms with Gasteiger partial charge in [-0.05, 0) is 59.0 Å². The van der Waals surface area contributed by atoms with Crippen molar-refractivity contribution in [3.63, 3.8) is 0 Å². The average molecular weight is 521 g/mol. The van der Waals surface area contributed by atoms with Crippen LogP contribution in [0.2, 0.25) is 0 Å². The maximum atomic E-state index is 12.3. The third-order valence-electron chi connectivity index (χ3n) is 7.19. The third-order valence-corrected chi connectivity index (χ3v) is 7.19. The van der Waals surface area contributed by atoms with Gasteiger partial charge >= 0.3 is 0 Å². The predicted molar refractivity (Wildman–Crippen MR) is 152 cm³/mol. The quantitative estimate of drug-likeness (QED) is 0.321. The number of anilines is 3. The standard InChI is InChI=1S/C28H40N8O2/c1-18(38-6)15-21(16-29-3)22-7-8-23(30-11-14-35(4)5)25(33-22)20-9-12-36(13-10-20)27-24-19(2)28(37)34-26(24)31-17-32-27/h7-8,15-17,19-20,29-30H,9-14H2,1-6H3,(H,31,32,34,37)/b18-15+,21-16+. The van der Waals surface area contributed by atoms with E-state index in [9.17, 15) is 4.79 Å². The van der Waals surface area contributed by atoms with Crippen LogP contribution in [0.5, 0.6) is 0 Å². The van der Waals surface area contributed by atoms with Gasteiger partial charge in [-0.1, -0.05) is 0 Å². The molecule has 0 spiro atoms. The molecular weight excluding hydrogens is 480 g/mol. The molecule has 3 N–H and O–H groups in total. The number of piperidine rings is 1. The van der Waals surface area contributed by atoms with Crippen molar-refractivity contribution in [3.05, 3.63) is 53.4 Å². The number of nitrogens with one attached hydrogen (secondary N) is 3. The molecule has 2 aromatic heterocycles. The smallest absolute Gasteiger partial charge is 0.233 e. The number of hydrogen-bond donors (Lipinski definition) is 3. The number of nitrogens with zero attached hydrogens (tertiary/aromatic N) is 5. The second kappa shape index (κ2) is 12.3. The van der Waals surface area contributed by atoms with E-state index in [1.165, 1.54) is 0 Å². The second-order valence-electron chi connectivity index (χ2n) is 10.1. The van der Waals surface area contributed by atoms with Crippen LogP contribution in [0.25, 0.3) is 5.57 Å². The molecule has 4 rings (SSSR count). The van der Waals surface area contributed by atoms with Crippen molar-refractivity contribution in [3.8, 4) is 0 Å². The third kappa shape index (κ3) is 6.07. The first-order chi connectivity index (χ1) is 18.3. The van der Waals surface area contributed by atoms with Crippen LogP contribution in [-0.2, 0) is 9.53 Å². The lowest BCUT2D eigenvalue weighted by atomic mass is 9.91. The number of carbonyl (C=O) groups is 1. The van der Waals surface area contributed by atoms with Crippen molar-refractivity contribution >= 4 is 28.8 Å². The highest BCUT2D eigenvalue weighted by molar-refractivity contribution is 6.03. The highest BCUT2D eigenvalue weighted by atomic mass is 16.5. The van der Waals surface area contributed by atoms with Gasteiger partial charge in [0.1, 0.15) is 18.0 Å². The van der Waals surface area contributed by atoms with E-state index in [2.05, 4.69) is 61.9 Å². The number of ether oxygens (including phenoxy) is 1. The summed E-state index contributed by atoms with van der Waals surface area (Å²) < 4.78 is 5.40. The molecule has 1 unspecified atom stereocenters. The van der Waals surface area contributed by atoms with Gasteiger partial charge in [0.25, 0.3) is 0 Å². The Bertz CT molecular complexity index is 1200. The molecule has 2 aliphatic heterocycles. The number of aromatic nitrogens is 3. The number of hydrogen-bond acceptors (Lipinski definition) is 9. The molecule has 1 amide bonds. The maximum absolute atomic E-state index is 12.3. The van der Waals surface area contributed by atoms with Gasteiger partial charge in [0.05, 0.1) is 35.9 Å². The van der Waals surface area contributed by atoms with Gasteiger partial charge in [-0.3, -0.25) is 9.78 Å². The highest BCUT2D eigenvalue weighted by Gasteiger charge is 2.34. The van der Waals surface area contributed by atoms with Gasteiger partial charge in [-0.2, -0.15) is 0 Å². The minimum Gasteiger partial charge on any atom is -0.501 e. The molecule has 38 heavy (non-hydrogen) atoms. The van der Waals surface area contributed by atoms with E-state index in [0.29, 0.717) is 11.7 Å². The first-order valence-electron chi connectivity index (χ1n) is 13.2. The molecule has 1 fully saturated rings. The minimum absolute atomic E-state index is 0.0192. The first-order valence-corrected chi connectivity index (χ1v) is 13.2. The lowest BCUT2D eigenvalue weighted by Gasteiger charge is -2.34. The summed E-state index contributed by atoms with van der Waals surface area (Å²) in [6.45, 7) is 7.29. The Morgan fingerprint density at radius 1 is 1.26 bits per heavy atom. The van der Waals surface area contributed by atoms with Crippen LogP contribution in [0.4, 0.5) is 17.3 Å². The summed E-state index contributed by atoms with van der Waals surface area (Å²) >= 11 is 0. The largest absolute Gasteiger partial charge is 0.501 e. The van der Waals surface area contributed by atoms with Gasteiger partial charge in [0.2, 0.25) is 5.91 Å². The summed E-state index contributed by atoms with van der Waals surface area (Å²) in [6, 6.07) is 4.21. The van der Waals surface area contributed by atoms with Crippen LogP contribution in [-0.4, -0.2) is 80.2 Å². The SMILES string of the molecule is CN/C=C(\C=C(/C)OC)c1ccc(NCCN(C)C)c(C2CCN(c3ncnc4c3C(C)C(=O)N4)CC2)n1. The van der Waals surface area contributed by atoms with E-state index in [1.807, 2.05) is 33.2 Å². The molecule has 0 radical (unpaired) electrons. The topological polar surface area (TPSA) is 108 Å². The number of likely N-dealkylation sites (N-methyl/N-ethyl adjacent to an activating group) is 1. The van der Waals surface area contributed by atoms with Crippen LogP contribution < -0.4 is 20.9 Å². The first kappa shape index (κ1) is 27.4. The number of rotatable bonds is 10. The number of carbonyl (C=O) groups excluding carboxylic acids is 1. The molecule has 10 heteroatoms. The summed E-state index contributed by atoms with van der Waals surface area (Å²) in [5.41, 5.74) is 4.94. The summed E-state index contributed by atoms with van der Waals surface area (Å²) in [4.78, 5) is 30.8. The Balaban J connectivity index is 1.59. The zero-order valence-electron chi connectivity index (χ0n) is 23.3. The van der Waals surface area contributed by atoms with E-state index in [1.54, 1.807) is 13.4 Å². The Morgan fingerprint density at radius 2 is 2.03 bits per heavy atom. The molecule has 0 bridgehead atoms. The van der Waals surface area contributed by atoms with Gasteiger partial charge in [0, 0.05) is 56.5 Å². The average Bonchev–Trinajstić information content (AvgIpc) is 3.21. The number of allylic oxidation sites excluding steroid dienone is 3. The molecule has 0 aliphatic carbocycles. The molecule has 1 atom stereocenters. The monoisotopic (exact) mass is 520 g/mol. The van der Waals surface area contributed by atoms with Crippen molar-refractivity contribution in [2.75, 3.05) is 70.0 Å². The Labute approximate surface area is 225 Å². The van der Waals surface area contributed by atoms with Crippen molar-refractivity contribution in [2.24, 2.45) is 0 Å². The van der Waals surface area contributed by atoms with Crippen LogP contribution in [0, 0.1) is 0 Å². The van der Waals surface area contributed by atoms with E-state index < -0.39 is 0 Å². The van der Waals surface area contributed by atoms with Gasteiger partial charge in [-0.15, -0.1) is 0 Å². The van der Waals surface area contributed by atoms with Crippen molar-refractivity contribution in [1.82, 2.24) is 25.2 Å². The van der Waals surface area contributed by atoms with E-state index in [0.717, 1.165) is 78.8 Å². The fourth-order valence-corrected chi connectivity index (χ4v) is 4.99. The fraction of sp³-hybridized carbons (Fsp3) is 0.500. The van der Waals surface area contributed by atoms with Crippen LogP contribution >= 0.6 is 0 Å². The lowest BCUT2D eigenvalue weighted by Crippen LogP contribution is -2.35. The Morgan fingerprint density at radius 3 is 2.71 bits per heavy atom. The minimum atomic E-state index is -0.245. The lowest BCUT2D eigenvalue weighted by molar-refractivity contribution is -0.116. The second-order valence-corrected chi connectivity index (χ2v) is 10.1. The van der Waals surface area contributed by atoms with Crippen molar-refractivity contribution in [2.45, 2.75) is 38.5 Å². The van der Waals surface area contributed by atoms with E-state index >= 15 is 0 Å². The molecule has 1 saturated heterocycles. The summed E-state index contributed by atoms with van der Waals surface area (Å²) in [7, 11) is 7.71. The zero-order chi connectivity index (χ0) is 27.2. The van der Waals surface area contributed by atoms with Gasteiger partial charge in [-0.25, -0.2) is 9.97 Å². The molecule has 2 aromatic rings. The molecule has 4 heterocycles.